The van der Waals surface area contributed by atoms with Crippen molar-refractivity contribution in [2.24, 2.45) is 0 Å². The van der Waals surface area contributed by atoms with E-state index in [0.29, 0.717) is 13.2 Å². The second-order valence-corrected chi connectivity index (χ2v) is 8.88. The van der Waals surface area contributed by atoms with Crippen LogP contribution in [0.15, 0.2) is 60.7 Å². The van der Waals surface area contributed by atoms with Gasteiger partial charge in [0.1, 0.15) is 0 Å². The van der Waals surface area contributed by atoms with Crippen LogP contribution in [-0.4, -0.2) is 21.6 Å². The second kappa shape index (κ2) is 9.42. The van der Waals surface area contributed by atoms with Gasteiger partial charge in [0.2, 0.25) is 0 Å². The van der Waals surface area contributed by atoms with E-state index in [2.05, 4.69) is 27.7 Å². The molecule has 2 aromatic carbocycles. The number of hydrogen-bond acceptors (Lipinski definition) is 4. The van der Waals surface area contributed by atoms with E-state index < -0.39 is 8.09 Å². The van der Waals surface area contributed by atoms with E-state index in [1.54, 1.807) is 0 Å². The van der Waals surface area contributed by atoms with Crippen molar-refractivity contribution in [2.75, 3.05) is 0 Å². The van der Waals surface area contributed by atoms with E-state index in [1.165, 1.54) is 0 Å². The first kappa shape index (κ1) is 20.0. The Morgan fingerprint density at radius 3 is 1.44 bits per heavy atom. The van der Waals surface area contributed by atoms with E-state index in [9.17, 15) is 4.89 Å². The van der Waals surface area contributed by atoms with Gasteiger partial charge in [-0.05, 0) is 0 Å². The van der Waals surface area contributed by atoms with Crippen molar-refractivity contribution in [3.63, 3.8) is 0 Å². The van der Waals surface area contributed by atoms with Gasteiger partial charge in [-0.2, -0.15) is 0 Å². The van der Waals surface area contributed by atoms with E-state index in [0.717, 1.165) is 11.1 Å². The third-order valence-electron chi connectivity index (χ3n) is 3.98. The molecule has 0 fully saturated rings. The topological polar surface area (TPSA) is 41.9 Å². The first-order valence-corrected chi connectivity index (χ1v) is 10.5. The Morgan fingerprint density at radius 1 is 0.760 bits per heavy atom. The Hall–Kier alpha value is -1.29. The molecule has 0 heterocycles. The van der Waals surface area contributed by atoms with Crippen molar-refractivity contribution >= 4 is 8.09 Å². The van der Waals surface area contributed by atoms with Crippen LogP contribution in [0.1, 0.15) is 38.8 Å². The summed E-state index contributed by atoms with van der Waals surface area (Å²) < 4.78 is 14.0. The van der Waals surface area contributed by atoms with Crippen LogP contribution in [0.2, 0.25) is 0 Å². The third kappa shape index (κ3) is 5.88. The molecule has 5 heteroatoms. The molecule has 0 atom stereocenters. The van der Waals surface area contributed by atoms with Crippen LogP contribution in [0.4, 0.5) is 0 Å². The van der Waals surface area contributed by atoms with Gasteiger partial charge in [0.15, 0.2) is 0 Å². The molecule has 25 heavy (non-hydrogen) atoms. The van der Waals surface area contributed by atoms with E-state index in [-0.39, 0.29) is 12.1 Å². The molecule has 0 aromatic heterocycles. The van der Waals surface area contributed by atoms with Crippen molar-refractivity contribution in [3.05, 3.63) is 71.8 Å². The molecule has 0 radical (unpaired) electrons. The zero-order valence-electron chi connectivity index (χ0n) is 15.6. The standard InChI is InChI=1S/C20H30NO3P/c1-17(2)21(18(3)4)25(22,23-15-19-11-7-5-8-12-19)24-16-20-13-9-6-10-14-20/h5-14,17-18,22,25H,15-16H2,1-4H3. The first-order valence-electron chi connectivity index (χ1n) is 8.79. The monoisotopic (exact) mass is 363 g/mol. The summed E-state index contributed by atoms with van der Waals surface area (Å²) in [6.07, 6.45) is 0. The van der Waals surface area contributed by atoms with Crippen LogP contribution in [0.5, 0.6) is 0 Å². The Balaban J connectivity index is 2.16. The van der Waals surface area contributed by atoms with Crippen molar-refractivity contribution in [3.8, 4) is 0 Å². The molecule has 0 aliphatic rings. The maximum absolute atomic E-state index is 11.4. The quantitative estimate of drug-likeness (QED) is 0.641. The third-order valence-corrected chi connectivity index (χ3v) is 6.70. The van der Waals surface area contributed by atoms with Gasteiger partial charge in [-0.3, -0.25) is 0 Å². The molecule has 1 N–H and O–H groups in total. The summed E-state index contributed by atoms with van der Waals surface area (Å²) in [5.41, 5.74) is 2.04. The summed E-state index contributed by atoms with van der Waals surface area (Å²) in [5.74, 6) is 0. The van der Waals surface area contributed by atoms with Gasteiger partial charge in [-0.15, -0.1) is 0 Å². The Kier molecular flexibility index (Phi) is 7.55. The number of benzene rings is 2. The molecular formula is C20H30NO3P. The molecule has 0 aliphatic heterocycles. The Bertz CT molecular complexity index is 568. The summed E-state index contributed by atoms with van der Waals surface area (Å²) in [6.45, 7) is 8.86. The van der Waals surface area contributed by atoms with Crippen LogP contribution < -0.4 is 0 Å². The molecule has 0 amide bonds. The fourth-order valence-electron chi connectivity index (χ4n) is 2.94. The van der Waals surface area contributed by atoms with Gasteiger partial charge in [-0.25, -0.2) is 0 Å². The maximum atomic E-state index is 11.4. The summed E-state index contributed by atoms with van der Waals surface area (Å²) in [5, 5.41) is 0. The molecule has 4 nitrogen and oxygen atoms in total. The van der Waals surface area contributed by atoms with E-state index in [4.69, 9.17) is 9.05 Å². The fraction of sp³-hybridized carbons (Fsp3) is 0.400. The van der Waals surface area contributed by atoms with Crippen LogP contribution >= 0.6 is 8.09 Å². The summed E-state index contributed by atoms with van der Waals surface area (Å²) in [4.78, 5) is 11.4. The number of hydrogen-bond donors (Lipinski definition) is 1. The van der Waals surface area contributed by atoms with Gasteiger partial charge < -0.3 is 0 Å². The molecule has 2 aromatic rings. The molecule has 0 saturated heterocycles. The molecular weight excluding hydrogens is 333 g/mol. The van der Waals surface area contributed by atoms with Crippen molar-refractivity contribution in [1.29, 1.82) is 0 Å². The molecule has 0 unspecified atom stereocenters. The fourth-order valence-corrected chi connectivity index (χ4v) is 5.34. The zero-order valence-corrected chi connectivity index (χ0v) is 16.6. The molecule has 0 aliphatic carbocycles. The number of rotatable bonds is 9. The minimum atomic E-state index is -3.54. The van der Waals surface area contributed by atoms with Crippen LogP contribution in [0.25, 0.3) is 0 Å². The predicted octanol–water partition coefficient (Wildman–Crippen LogP) is 4.94. The normalized spacial score (nSPS) is 13.0. The van der Waals surface area contributed by atoms with Crippen molar-refractivity contribution in [2.45, 2.75) is 53.0 Å². The molecule has 0 bridgehead atoms. The van der Waals surface area contributed by atoms with E-state index in [1.807, 2.05) is 65.3 Å². The van der Waals surface area contributed by atoms with Gasteiger partial charge in [0, 0.05) is 0 Å². The van der Waals surface area contributed by atoms with Gasteiger partial charge in [-0.1, -0.05) is 0 Å². The summed E-state index contributed by atoms with van der Waals surface area (Å²) >= 11 is 0. The average molecular weight is 363 g/mol. The van der Waals surface area contributed by atoms with Crippen molar-refractivity contribution in [1.82, 2.24) is 4.67 Å². The summed E-state index contributed by atoms with van der Waals surface area (Å²) in [6, 6.07) is 20.0. The average Bonchev–Trinajstić information content (AvgIpc) is 2.59. The van der Waals surface area contributed by atoms with Crippen LogP contribution in [0, 0.1) is 0 Å². The van der Waals surface area contributed by atoms with Crippen LogP contribution in [-0.2, 0) is 22.3 Å². The zero-order chi connectivity index (χ0) is 18.3. The Morgan fingerprint density at radius 2 is 1.12 bits per heavy atom. The minimum absolute atomic E-state index is 0.114. The second-order valence-electron chi connectivity index (χ2n) is 6.69. The van der Waals surface area contributed by atoms with Crippen molar-refractivity contribution < 1.29 is 13.9 Å². The van der Waals surface area contributed by atoms with E-state index >= 15 is 0 Å². The summed E-state index contributed by atoms with van der Waals surface area (Å²) in [7, 11) is -3.54. The Labute approximate surface area is 152 Å². The molecule has 2 rings (SSSR count). The predicted molar refractivity (Wildman–Crippen MR) is 105 cm³/mol. The SMILES string of the molecule is CC(C)N(C(C)C)[PH](O)(OCc1ccccc1)OCc1ccccc1. The number of nitrogens with zero attached hydrogens (tertiary/aromatic N) is 1. The molecule has 0 spiro atoms. The van der Waals surface area contributed by atoms with Crippen LogP contribution in [0.3, 0.4) is 0 Å². The first-order chi connectivity index (χ1) is 11.9. The van der Waals surface area contributed by atoms with Gasteiger partial charge in [0.25, 0.3) is 0 Å². The van der Waals surface area contributed by atoms with Gasteiger partial charge >= 0.3 is 151 Å². The van der Waals surface area contributed by atoms with Gasteiger partial charge in [0.05, 0.1) is 0 Å². The molecule has 138 valence electrons. The molecule has 0 saturated carbocycles.